The summed E-state index contributed by atoms with van der Waals surface area (Å²) in [7, 11) is 0. The van der Waals surface area contributed by atoms with Crippen molar-refractivity contribution in [2.75, 3.05) is 0 Å². The van der Waals surface area contributed by atoms with Gasteiger partial charge in [-0.15, -0.1) is 0 Å². The van der Waals surface area contributed by atoms with E-state index >= 15 is 0 Å². The molecule has 0 aromatic carbocycles. The lowest BCUT2D eigenvalue weighted by atomic mass is 9.95. The first kappa shape index (κ1) is 12.0. The molecule has 0 radical (unpaired) electrons. The molecular weight excluding hydrogens is 210 g/mol. The number of nitrogens with zero attached hydrogens (tertiary/aromatic N) is 1. The van der Waals surface area contributed by atoms with E-state index in [1.54, 1.807) is 0 Å². The van der Waals surface area contributed by atoms with Crippen molar-refractivity contribution in [3.8, 4) is 0 Å². The summed E-state index contributed by atoms with van der Waals surface area (Å²) in [4.78, 5) is 4.52. The van der Waals surface area contributed by atoms with E-state index in [1.165, 1.54) is 32.1 Å². The summed E-state index contributed by atoms with van der Waals surface area (Å²) in [6, 6.07) is 0.552. The average Bonchev–Trinajstić information content (AvgIpc) is 2.30. The van der Waals surface area contributed by atoms with Crippen LogP contribution < -0.4 is 10.6 Å². The maximum Gasteiger partial charge on any atom is 0.137 e. The van der Waals surface area contributed by atoms with Crippen molar-refractivity contribution in [3.05, 3.63) is 36.3 Å². The molecule has 2 aliphatic rings. The predicted octanol–water partition coefficient (Wildman–Crippen LogP) is 2.84. The van der Waals surface area contributed by atoms with Gasteiger partial charge < -0.3 is 10.6 Å². The second-order valence-corrected chi connectivity index (χ2v) is 4.75. The number of aliphatic imine (C=N–C) groups is 1. The Kier molecular flexibility index (Phi) is 3.67. The van der Waals surface area contributed by atoms with Gasteiger partial charge in [-0.25, -0.2) is 4.99 Å². The van der Waals surface area contributed by atoms with Crippen LogP contribution in [0.15, 0.2) is 41.3 Å². The maximum atomic E-state index is 4.52. The third-order valence-electron chi connectivity index (χ3n) is 3.34. The smallest absolute Gasteiger partial charge is 0.137 e. The van der Waals surface area contributed by atoms with E-state index in [2.05, 4.69) is 28.8 Å². The molecule has 0 bridgehead atoms. The van der Waals surface area contributed by atoms with E-state index in [0.717, 1.165) is 22.9 Å². The fourth-order valence-electron chi connectivity index (χ4n) is 2.45. The molecule has 3 heteroatoms. The van der Waals surface area contributed by atoms with E-state index in [4.69, 9.17) is 0 Å². The number of hydrogen-bond acceptors (Lipinski definition) is 3. The second-order valence-electron chi connectivity index (χ2n) is 4.75. The minimum Gasteiger partial charge on any atom is -0.367 e. The van der Waals surface area contributed by atoms with Crippen molar-refractivity contribution >= 4 is 5.84 Å². The molecule has 0 saturated heterocycles. The van der Waals surface area contributed by atoms with Crippen molar-refractivity contribution in [1.29, 1.82) is 0 Å². The van der Waals surface area contributed by atoms with Crippen LogP contribution in [-0.4, -0.2) is 11.9 Å². The Morgan fingerprint density at radius 2 is 2.06 bits per heavy atom. The van der Waals surface area contributed by atoms with Gasteiger partial charge in [0.05, 0.1) is 0 Å². The van der Waals surface area contributed by atoms with Crippen LogP contribution in [0.3, 0.4) is 0 Å². The molecule has 1 aliphatic heterocycles. The lowest BCUT2D eigenvalue weighted by Crippen LogP contribution is -2.35. The first-order chi connectivity index (χ1) is 8.20. The Hall–Kier alpha value is -1.51. The van der Waals surface area contributed by atoms with Crippen LogP contribution in [0.5, 0.6) is 0 Å². The normalized spacial score (nSPS) is 21.9. The highest BCUT2D eigenvalue weighted by molar-refractivity contribution is 5.85. The van der Waals surface area contributed by atoms with Crippen LogP contribution in [0, 0.1) is 0 Å². The van der Waals surface area contributed by atoms with Crippen LogP contribution in [-0.2, 0) is 0 Å². The van der Waals surface area contributed by atoms with Crippen molar-refractivity contribution < 1.29 is 0 Å². The summed E-state index contributed by atoms with van der Waals surface area (Å²) >= 11 is 0. The Morgan fingerprint density at radius 3 is 2.71 bits per heavy atom. The molecule has 1 fully saturated rings. The summed E-state index contributed by atoms with van der Waals surface area (Å²) in [6.45, 7) is 9.79. The van der Waals surface area contributed by atoms with Gasteiger partial charge in [-0.2, -0.15) is 0 Å². The fourth-order valence-corrected chi connectivity index (χ4v) is 2.45. The minimum absolute atomic E-state index is 0.552. The second kappa shape index (κ2) is 5.21. The van der Waals surface area contributed by atoms with Gasteiger partial charge in [0.2, 0.25) is 0 Å². The lowest BCUT2D eigenvalue weighted by Gasteiger charge is -2.27. The molecule has 0 amide bonds. The molecule has 2 N–H and O–H groups in total. The number of amidine groups is 1. The molecular formula is C14H21N3. The van der Waals surface area contributed by atoms with Gasteiger partial charge in [0.25, 0.3) is 0 Å². The van der Waals surface area contributed by atoms with E-state index in [0.29, 0.717) is 6.04 Å². The Labute approximate surface area is 103 Å². The van der Waals surface area contributed by atoms with Crippen molar-refractivity contribution in [2.45, 2.75) is 45.1 Å². The zero-order valence-corrected chi connectivity index (χ0v) is 10.6. The van der Waals surface area contributed by atoms with Crippen molar-refractivity contribution in [2.24, 2.45) is 4.99 Å². The molecule has 0 aromatic heterocycles. The Morgan fingerprint density at radius 1 is 1.35 bits per heavy atom. The summed E-state index contributed by atoms with van der Waals surface area (Å²) < 4.78 is 0. The van der Waals surface area contributed by atoms with Gasteiger partial charge in [0, 0.05) is 17.3 Å². The molecule has 0 atom stereocenters. The molecule has 0 aromatic rings. The molecule has 0 spiro atoms. The number of rotatable bonds is 3. The first-order valence-corrected chi connectivity index (χ1v) is 6.35. The first-order valence-electron chi connectivity index (χ1n) is 6.35. The van der Waals surface area contributed by atoms with Gasteiger partial charge in [-0.1, -0.05) is 38.5 Å². The Balaban J connectivity index is 2.15. The summed E-state index contributed by atoms with van der Waals surface area (Å²) in [5.41, 5.74) is 1.87. The molecule has 3 nitrogen and oxygen atoms in total. The number of allylic oxidation sites excluding steroid dienone is 1. The fraction of sp³-hybridized carbons (Fsp3) is 0.500. The van der Waals surface area contributed by atoms with Crippen LogP contribution in [0.4, 0.5) is 0 Å². The average molecular weight is 231 g/mol. The highest BCUT2D eigenvalue weighted by atomic mass is 15.1. The van der Waals surface area contributed by atoms with Crippen LogP contribution in [0.1, 0.15) is 39.0 Å². The third kappa shape index (κ3) is 2.78. The van der Waals surface area contributed by atoms with Gasteiger partial charge in [0.1, 0.15) is 11.7 Å². The third-order valence-corrected chi connectivity index (χ3v) is 3.34. The minimum atomic E-state index is 0.552. The standard InChI is InChI=1S/C14H21N3/c1-4-13-10(2)15-11(3)16-14(13)17-12-8-6-5-7-9-12/h4,12,17H,1-2,5-9H2,3H3,(H,15,16). The molecule has 17 heavy (non-hydrogen) atoms. The molecule has 1 saturated carbocycles. The zero-order valence-electron chi connectivity index (χ0n) is 10.6. The van der Waals surface area contributed by atoms with Crippen LogP contribution in [0.2, 0.25) is 0 Å². The summed E-state index contributed by atoms with van der Waals surface area (Å²) in [6.07, 6.45) is 8.29. The van der Waals surface area contributed by atoms with Gasteiger partial charge in [-0.05, 0) is 19.8 Å². The summed E-state index contributed by atoms with van der Waals surface area (Å²) in [5.74, 6) is 1.81. The molecule has 92 valence electrons. The topological polar surface area (TPSA) is 36.4 Å². The molecule has 0 unspecified atom stereocenters. The molecule has 2 rings (SSSR count). The number of hydrogen-bond donors (Lipinski definition) is 2. The highest BCUT2D eigenvalue weighted by Crippen LogP contribution is 2.22. The SMILES string of the molecule is C=CC1=C(NC2CCCCC2)N=C(C)NC1=C. The van der Waals surface area contributed by atoms with Gasteiger partial charge in [0.15, 0.2) is 0 Å². The summed E-state index contributed by atoms with van der Waals surface area (Å²) in [5, 5.41) is 6.67. The van der Waals surface area contributed by atoms with Crippen molar-refractivity contribution in [1.82, 2.24) is 10.6 Å². The van der Waals surface area contributed by atoms with Crippen LogP contribution >= 0.6 is 0 Å². The molecule has 1 heterocycles. The molecule has 1 aliphatic carbocycles. The van der Waals surface area contributed by atoms with Crippen molar-refractivity contribution in [3.63, 3.8) is 0 Å². The lowest BCUT2D eigenvalue weighted by molar-refractivity contribution is 0.394. The van der Waals surface area contributed by atoms with E-state index < -0.39 is 0 Å². The quantitative estimate of drug-likeness (QED) is 0.783. The van der Waals surface area contributed by atoms with E-state index in [1.807, 2.05) is 13.0 Å². The van der Waals surface area contributed by atoms with E-state index in [9.17, 15) is 0 Å². The largest absolute Gasteiger partial charge is 0.367 e. The Bertz CT molecular complexity index is 384. The zero-order chi connectivity index (χ0) is 12.3. The van der Waals surface area contributed by atoms with E-state index in [-0.39, 0.29) is 0 Å². The van der Waals surface area contributed by atoms with Gasteiger partial charge in [-0.3, -0.25) is 0 Å². The highest BCUT2D eigenvalue weighted by Gasteiger charge is 2.18. The maximum absolute atomic E-state index is 4.52. The predicted molar refractivity (Wildman–Crippen MR) is 72.6 cm³/mol. The van der Waals surface area contributed by atoms with Gasteiger partial charge >= 0.3 is 0 Å². The number of nitrogens with one attached hydrogen (secondary N) is 2. The monoisotopic (exact) mass is 231 g/mol. The van der Waals surface area contributed by atoms with Crippen LogP contribution in [0.25, 0.3) is 0 Å².